The summed E-state index contributed by atoms with van der Waals surface area (Å²) in [6.07, 6.45) is 0. The van der Waals surface area contributed by atoms with E-state index < -0.39 is 28.8 Å². The maximum absolute atomic E-state index is 14.0. The average Bonchev–Trinajstić information content (AvgIpc) is 3.40. The Morgan fingerprint density at radius 1 is 1.02 bits per heavy atom. The summed E-state index contributed by atoms with van der Waals surface area (Å²) in [7, 11) is 1.53. The van der Waals surface area contributed by atoms with Crippen LogP contribution in [0, 0.1) is 11.7 Å². The number of methoxy groups -OCH3 is 1. The molecular formula is C29H21BrFN3O5S2. The number of amides is 3. The Bertz CT molecular complexity index is 1740. The topological polar surface area (TPSA) is 97.7 Å². The fraction of sp³-hybridized carbons (Fsp3) is 0.172. The van der Waals surface area contributed by atoms with Crippen molar-refractivity contribution < 1.29 is 23.5 Å². The monoisotopic (exact) mass is 653 g/mol. The molecule has 3 aromatic carbocycles. The molecular weight excluding hydrogens is 633 g/mol. The number of aromatic nitrogens is 1. The van der Waals surface area contributed by atoms with Gasteiger partial charge in [0, 0.05) is 21.0 Å². The van der Waals surface area contributed by atoms with Gasteiger partial charge in [0.25, 0.3) is 0 Å². The second kappa shape index (κ2) is 10.9. The summed E-state index contributed by atoms with van der Waals surface area (Å²) in [5, 5.41) is 2.36. The van der Waals surface area contributed by atoms with E-state index in [1.807, 2.05) is 24.3 Å². The third-order valence-electron chi connectivity index (χ3n) is 7.02. The molecule has 1 N–H and O–H groups in total. The number of benzene rings is 3. The van der Waals surface area contributed by atoms with E-state index in [0.29, 0.717) is 27.0 Å². The second-order valence-electron chi connectivity index (χ2n) is 9.49. The van der Waals surface area contributed by atoms with Crippen molar-refractivity contribution in [3.05, 3.63) is 103 Å². The first-order valence-electron chi connectivity index (χ1n) is 12.5. The van der Waals surface area contributed by atoms with Crippen molar-refractivity contribution in [2.75, 3.05) is 17.3 Å². The van der Waals surface area contributed by atoms with E-state index in [1.54, 1.807) is 24.3 Å². The van der Waals surface area contributed by atoms with Crippen LogP contribution in [0.5, 0.6) is 5.75 Å². The third kappa shape index (κ3) is 5.00. The number of thiazole rings is 1. The quantitative estimate of drug-likeness (QED) is 0.285. The lowest BCUT2D eigenvalue weighted by Crippen LogP contribution is -2.33. The number of imide groups is 1. The van der Waals surface area contributed by atoms with Gasteiger partial charge in [-0.15, -0.1) is 0 Å². The maximum Gasteiger partial charge on any atom is 0.308 e. The number of hydrogen-bond donors (Lipinski definition) is 1. The largest absolute Gasteiger partial charge is 0.497 e. The number of carbonyl (C=O) groups is 3. The summed E-state index contributed by atoms with van der Waals surface area (Å²) in [5.74, 6) is -2.39. The first-order chi connectivity index (χ1) is 19.7. The Labute approximate surface area is 250 Å². The normalized spacial score (nSPS) is 19.6. The summed E-state index contributed by atoms with van der Waals surface area (Å²) in [6, 6.07) is 19.5. The van der Waals surface area contributed by atoms with Gasteiger partial charge in [0.1, 0.15) is 23.4 Å². The van der Waals surface area contributed by atoms with Gasteiger partial charge in [-0.05, 0) is 66.2 Å². The standard InChI is InChI=1S/C29H21BrFN3O5S2/c1-39-20-11-9-19(10-12-20)34-26(36)23-22(15-3-2-4-16(30)13-15)25-28(40-24(23)27(34)37)33(29(38)41-25)14-21(35)32-18-7-5-17(31)6-8-18/h2-13,22-24H,14H2,1H3,(H,32,35)/t22-,23?,24?/m1/s1. The van der Waals surface area contributed by atoms with Crippen LogP contribution in [0.1, 0.15) is 16.4 Å². The number of thioether (sulfide) groups is 1. The molecule has 6 rings (SSSR count). The molecule has 0 radical (unpaired) electrons. The second-order valence-corrected chi connectivity index (χ2v) is 12.5. The van der Waals surface area contributed by atoms with Gasteiger partial charge < -0.3 is 10.1 Å². The van der Waals surface area contributed by atoms with E-state index in [1.165, 1.54) is 40.8 Å². The predicted molar refractivity (Wildman–Crippen MR) is 158 cm³/mol. The van der Waals surface area contributed by atoms with Crippen molar-refractivity contribution in [1.29, 1.82) is 0 Å². The van der Waals surface area contributed by atoms with E-state index in [9.17, 15) is 23.6 Å². The van der Waals surface area contributed by atoms with Gasteiger partial charge in [0.2, 0.25) is 17.7 Å². The van der Waals surface area contributed by atoms with Gasteiger partial charge in [-0.3, -0.25) is 23.7 Å². The van der Waals surface area contributed by atoms with Crippen LogP contribution < -0.4 is 19.8 Å². The minimum Gasteiger partial charge on any atom is -0.497 e. The zero-order valence-electron chi connectivity index (χ0n) is 21.4. The van der Waals surface area contributed by atoms with E-state index >= 15 is 0 Å². The van der Waals surface area contributed by atoms with Gasteiger partial charge in [0.15, 0.2) is 0 Å². The maximum atomic E-state index is 14.0. The smallest absolute Gasteiger partial charge is 0.308 e. The van der Waals surface area contributed by atoms with Crippen molar-refractivity contribution in [1.82, 2.24) is 4.57 Å². The number of ether oxygens (including phenoxy) is 1. The molecule has 0 bridgehead atoms. The number of rotatable bonds is 6. The van der Waals surface area contributed by atoms with Crippen molar-refractivity contribution in [3.63, 3.8) is 0 Å². The summed E-state index contributed by atoms with van der Waals surface area (Å²) in [6.45, 7) is -0.304. The summed E-state index contributed by atoms with van der Waals surface area (Å²) >= 11 is 5.61. The van der Waals surface area contributed by atoms with E-state index in [0.717, 1.165) is 33.1 Å². The number of nitrogens with one attached hydrogen (secondary N) is 1. The molecule has 1 saturated heterocycles. The molecule has 2 unspecified atom stereocenters. The molecule has 0 saturated carbocycles. The Morgan fingerprint density at radius 3 is 2.44 bits per heavy atom. The van der Waals surface area contributed by atoms with Crippen molar-refractivity contribution in [2.24, 2.45) is 5.92 Å². The number of fused-ring (bicyclic) bond motifs is 2. The highest BCUT2D eigenvalue weighted by Gasteiger charge is 2.56. The Kier molecular flexibility index (Phi) is 7.30. The van der Waals surface area contributed by atoms with Crippen LogP contribution in [-0.2, 0) is 20.9 Å². The van der Waals surface area contributed by atoms with Gasteiger partial charge >= 0.3 is 4.87 Å². The fourth-order valence-corrected chi connectivity index (χ4v) is 8.37. The molecule has 0 spiro atoms. The van der Waals surface area contributed by atoms with Gasteiger partial charge in [-0.25, -0.2) is 9.29 Å². The molecule has 4 aromatic rings. The van der Waals surface area contributed by atoms with Gasteiger partial charge in [0.05, 0.1) is 23.7 Å². The summed E-state index contributed by atoms with van der Waals surface area (Å²) < 4.78 is 20.6. The molecule has 2 aliphatic rings. The van der Waals surface area contributed by atoms with Crippen molar-refractivity contribution in [2.45, 2.75) is 22.7 Å². The molecule has 12 heteroatoms. The lowest BCUT2D eigenvalue weighted by molar-refractivity contribution is -0.122. The Morgan fingerprint density at radius 2 is 1.76 bits per heavy atom. The highest BCUT2D eigenvalue weighted by molar-refractivity contribution is 9.10. The zero-order valence-corrected chi connectivity index (χ0v) is 24.6. The molecule has 41 heavy (non-hydrogen) atoms. The number of halogens is 2. The van der Waals surface area contributed by atoms with Crippen molar-refractivity contribution >= 4 is 68.1 Å². The number of carbonyl (C=O) groups excluding carboxylic acids is 3. The predicted octanol–water partition coefficient (Wildman–Crippen LogP) is 5.25. The van der Waals surface area contributed by atoms with Crippen LogP contribution in [-0.4, -0.2) is 34.6 Å². The van der Waals surface area contributed by atoms with Gasteiger partial charge in [-0.1, -0.05) is 51.2 Å². The van der Waals surface area contributed by atoms with Crippen LogP contribution in [0.25, 0.3) is 0 Å². The number of nitrogens with zero attached hydrogens (tertiary/aromatic N) is 2. The highest BCUT2D eigenvalue weighted by Crippen LogP contribution is 2.54. The third-order valence-corrected chi connectivity index (χ3v) is 10.1. The highest BCUT2D eigenvalue weighted by atomic mass is 79.9. The molecule has 1 fully saturated rings. The molecule has 3 amide bonds. The molecule has 8 nitrogen and oxygen atoms in total. The minimum atomic E-state index is -0.804. The van der Waals surface area contributed by atoms with Crippen LogP contribution in [0.2, 0.25) is 0 Å². The summed E-state index contributed by atoms with van der Waals surface area (Å²) in [5.41, 5.74) is 1.60. The molecule has 208 valence electrons. The Hall–Kier alpha value is -3.74. The molecule has 3 atom stereocenters. The lowest BCUT2D eigenvalue weighted by Gasteiger charge is -2.30. The molecule has 2 aliphatic heterocycles. The number of hydrogen-bond acceptors (Lipinski definition) is 7. The van der Waals surface area contributed by atoms with Crippen molar-refractivity contribution in [3.8, 4) is 5.75 Å². The zero-order chi connectivity index (χ0) is 28.8. The number of anilines is 2. The Balaban J connectivity index is 1.40. The minimum absolute atomic E-state index is 0.304. The molecule has 0 aliphatic carbocycles. The van der Waals surface area contributed by atoms with E-state index in [2.05, 4.69) is 21.2 Å². The lowest BCUT2D eigenvalue weighted by atomic mass is 9.83. The molecule has 3 heterocycles. The summed E-state index contributed by atoms with van der Waals surface area (Å²) in [4.78, 5) is 55.4. The van der Waals surface area contributed by atoms with E-state index in [4.69, 9.17) is 4.74 Å². The van der Waals surface area contributed by atoms with Gasteiger partial charge in [-0.2, -0.15) is 0 Å². The fourth-order valence-electron chi connectivity index (χ4n) is 5.18. The first-order valence-corrected chi connectivity index (χ1v) is 15.0. The van der Waals surface area contributed by atoms with Crippen LogP contribution in [0.15, 0.2) is 87.1 Å². The SMILES string of the molecule is COc1ccc(N2C(=O)C3Sc4c(sc(=O)n4CC(=O)Nc4ccc(F)cc4)[C@H](c4cccc(Br)c4)C3C2=O)cc1. The van der Waals surface area contributed by atoms with E-state index in [-0.39, 0.29) is 23.2 Å². The molecule has 1 aromatic heterocycles. The van der Waals surface area contributed by atoms with Crippen LogP contribution in [0.3, 0.4) is 0 Å². The van der Waals surface area contributed by atoms with Crippen LogP contribution in [0.4, 0.5) is 15.8 Å². The first kappa shape index (κ1) is 27.4. The van der Waals surface area contributed by atoms with Crippen LogP contribution >= 0.6 is 39.0 Å². The average molecular weight is 655 g/mol.